The zero-order chi connectivity index (χ0) is 29.3. The number of benzene rings is 2. The Balaban J connectivity index is 1.48. The lowest BCUT2D eigenvalue weighted by atomic mass is 10.1. The number of rotatable bonds is 8. The van der Waals surface area contributed by atoms with Gasteiger partial charge in [0, 0.05) is 12.1 Å². The van der Waals surface area contributed by atoms with Crippen molar-refractivity contribution >= 4 is 28.8 Å². The fourth-order valence-corrected chi connectivity index (χ4v) is 4.44. The molecule has 0 aliphatic heterocycles. The van der Waals surface area contributed by atoms with Gasteiger partial charge in [0.25, 0.3) is 5.56 Å². The molecule has 12 heteroatoms. The van der Waals surface area contributed by atoms with Gasteiger partial charge in [0.15, 0.2) is 17.1 Å². The maximum Gasteiger partial charge on any atom is 0.263 e. The average molecular weight is 556 g/mol. The quantitative estimate of drug-likeness (QED) is 0.275. The molecule has 0 aliphatic rings. The lowest BCUT2D eigenvalue weighted by Crippen LogP contribution is -2.18. The van der Waals surface area contributed by atoms with Crippen LogP contribution < -0.4 is 25.1 Å². The van der Waals surface area contributed by atoms with Crippen molar-refractivity contribution in [1.82, 2.24) is 29.5 Å². The van der Waals surface area contributed by atoms with Crippen LogP contribution in [0.1, 0.15) is 22.4 Å². The summed E-state index contributed by atoms with van der Waals surface area (Å²) in [6.07, 6.45) is 4.46. The molecule has 5 aromatic rings. The number of aryl methyl sites for hydroxylation is 2. The van der Waals surface area contributed by atoms with E-state index < -0.39 is 5.91 Å². The minimum atomic E-state index is -0.427. The normalized spacial score (nSPS) is 11.3. The monoisotopic (exact) mass is 555 g/mol. The van der Waals surface area contributed by atoms with Crippen molar-refractivity contribution in [3.05, 3.63) is 81.4 Å². The third-order valence-electron chi connectivity index (χ3n) is 6.63. The molecule has 0 aliphatic carbocycles. The van der Waals surface area contributed by atoms with Gasteiger partial charge in [0.2, 0.25) is 17.6 Å². The molecular weight excluding hydrogens is 526 g/mol. The van der Waals surface area contributed by atoms with E-state index in [2.05, 4.69) is 25.5 Å². The van der Waals surface area contributed by atoms with Gasteiger partial charge < -0.3 is 19.5 Å². The zero-order valence-electron chi connectivity index (χ0n) is 23.5. The van der Waals surface area contributed by atoms with Crippen LogP contribution in [0.15, 0.2) is 53.5 Å². The molecular formula is C29H29N7O5. The molecule has 3 aromatic heterocycles. The Kier molecular flexibility index (Phi) is 7.30. The van der Waals surface area contributed by atoms with Gasteiger partial charge in [-0.15, -0.1) is 0 Å². The van der Waals surface area contributed by atoms with E-state index in [1.54, 1.807) is 35.9 Å². The van der Waals surface area contributed by atoms with E-state index in [4.69, 9.17) is 14.2 Å². The zero-order valence-corrected chi connectivity index (χ0v) is 23.5. The van der Waals surface area contributed by atoms with Crippen LogP contribution in [0.4, 0.5) is 5.82 Å². The fourth-order valence-electron chi connectivity index (χ4n) is 4.44. The van der Waals surface area contributed by atoms with Crippen molar-refractivity contribution in [1.29, 1.82) is 0 Å². The lowest BCUT2D eigenvalue weighted by molar-refractivity contribution is -0.111. The van der Waals surface area contributed by atoms with Crippen LogP contribution in [0.5, 0.6) is 17.2 Å². The Morgan fingerprint density at radius 2 is 1.73 bits per heavy atom. The summed E-state index contributed by atoms with van der Waals surface area (Å²) in [5.74, 6) is 1.41. The Labute approximate surface area is 235 Å². The summed E-state index contributed by atoms with van der Waals surface area (Å²) in [5, 5.41) is 12.0. The second-order valence-corrected chi connectivity index (χ2v) is 9.27. The minimum Gasteiger partial charge on any atom is -0.493 e. The summed E-state index contributed by atoms with van der Waals surface area (Å²) in [5.41, 5.74) is 4.17. The molecule has 0 bridgehead atoms. The van der Waals surface area contributed by atoms with Crippen molar-refractivity contribution in [2.45, 2.75) is 20.8 Å². The predicted octanol–water partition coefficient (Wildman–Crippen LogP) is 3.90. The number of aromatic nitrogens is 6. The Morgan fingerprint density at radius 3 is 2.41 bits per heavy atom. The third-order valence-corrected chi connectivity index (χ3v) is 6.63. The van der Waals surface area contributed by atoms with Gasteiger partial charge in [-0.25, -0.2) is 4.68 Å². The van der Waals surface area contributed by atoms with Crippen molar-refractivity contribution in [3.63, 3.8) is 0 Å². The van der Waals surface area contributed by atoms with Crippen LogP contribution in [0.2, 0.25) is 0 Å². The van der Waals surface area contributed by atoms with Gasteiger partial charge in [0.1, 0.15) is 11.2 Å². The smallest absolute Gasteiger partial charge is 0.263 e. The summed E-state index contributed by atoms with van der Waals surface area (Å²) in [6, 6.07) is 11.0. The Hall–Kier alpha value is -5.39. The van der Waals surface area contributed by atoms with Gasteiger partial charge in [-0.3, -0.25) is 14.6 Å². The summed E-state index contributed by atoms with van der Waals surface area (Å²) in [6.45, 7) is 5.77. The second kappa shape index (κ2) is 11.0. The molecule has 0 saturated carbocycles. The van der Waals surface area contributed by atoms with E-state index in [1.807, 2.05) is 32.0 Å². The second-order valence-electron chi connectivity index (χ2n) is 9.27. The number of methoxy groups -OCH3 is 3. The minimum absolute atomic E-state index is 0.131. The number of anilines is 1. The largest absolute Gasteiger partial charge is 0.493 e. The molecule has 41 heavy (non-hydrogen) atoms. The van der Waals surface area contributed by atoms with Crippen molar-refractivity contribution in [2.24, 2.45) is 0 Å². The van der Waals surface area contributed by atoms with Gasteiger partial charge in [0.05, 0.1) is 38.9 Å². The number of hydrogen-bond donors (Lipinski definition) is 2. The maximum atomic E-state index is 13.0. The first kappa shape index (κ1) is 27.2. The van der Waals surface area contributed by atoms with Crippen molar-refractivity contribution in [3.8, 4) is 28.9 Å². The molecule has 0 unspecified atom stereocenters. The first-order valence-electron chi connectivity index (χ1n) is 12.6. The van der Waals surface area contributed by atoms with E-state index >= 15 is 0 Å². The van der Waals surface area contributed by atoms with Crippen LogP contribution in [-0.4, -0.2) is 56.8 Å². The van der Waals surface area contributed by atoms with Crippen LogP contribution in [-0.2, 0) is 4.79 Å². The molecule has 12 nitrogen and oxygen atoms in total. The van der Waals surface area contributed by atoms with Gasteiger partial charge in [-0.2, -0.15) is 19.9 Å². The number of H-pyrrole nitrogens is 1. The summed E-state index contributed by atoms with van der Waals surface area (Å²) in [4.78, 5) is 33.4. The van der Waals surface area contributed by atoms with Crippen molar-refractivity contribution in [2.75, 3.05) is 26.6 Å². The number of carbonyl (C=O) groups is 1. The summed E-state index contributed by atoms with van der Waals surface area (Å²) >= 11 is 0. The maximum absolute atomic E-state index is 13.0. The van der Waals surface area contributed by atoms with Gasteiger partial charge in [-0.1, -0.05) is 12.1 Å². The van der Waals surface area contributed by atoms with E-state index in [0.29, 0.717) is 45.4 Å². The van der Waals surface area contributed by atoms with E-state index in [-0.39, 0.29) is 11.5 Å². The number of aromatic amines is 1. The number of nitrogens with zero attached hydrogens (tertiary/aromatic N) is 5. The number of hydrogen-bond acceptors (Lipinski definition) is 8. The highest BCUT2D eigenvalue weighted by Gasteiger charge is 2.18. The summed E-state index contributed by atoms with van der Waals surface area (Å²) in [7, 11) is 4.56. The van der Waals surface area contributed by atoms with E-state index in [1.165, 1.54) is 38.3 Å². The molecule has 2 aromatic carbocycles. The van der Waals surface area contributed by atoms with Crippen LogP contribution in [0.25, 0.3) is 28.7 Å². The highest BCUT2D eigenvalue weighted by molar-refractivity contribution is 6.01. The Bertz CT molecular complexity index is 1840. The number of nitrogens with one attached hydrogen (secondary N) is 2. The molecule has 5 rings (SSSR count). The molecule has 0 atom stereocenters. The Morgan fingerprint density at radius 1 is 1.00 bits per heavy atom. The standard InChI is InChI=1S/C29H29N7O5/c1-16-8-7-9-21(18(16)3)35-27-20(15-30-35)28(38)33-29(32-27)36-24(12-17(2)34-36)31-25(37)11-10-19-13-22(39-4)26(41-6)23(14-19)40-5/h7-15H,1-6H3,(H,31,37)(H,32,33,38)/b11-10-. The lowest BCUT2D eigenvalue weighted by Gasteiger charge is -2.12. The average Bonchev–Trinajstić information content (AvgIpc) is 3.55. The molecule has 2 N–H and O–H groups in total. The molecule has 3 heterocycles. The van der Waals surface area contributed by atoms with E-state index in [0.717, 1.165) is 16.8 Å². The third kappa shape index (κ3) is 5.14. The molecule has 0 radical (unpaired) electrons. The number of amides is 1. The molecule has 1 amide bonds. The SMILES string of the molecule is COc1cc(/C=C\C(=O)Nc2cc(C)nn2-c2nc3c(cnn3-c3cccc(C)c3C)c(=O)[nH]2)cc(OC)c1OC. The van der Waals surface area contributed by atoms with Crippen LogP contribution in [0, 0.1) is 20.8 Å². The van der Waals surface area contributed by atoms with E-state index in [9.17, 15) is 9.59 Å². The molecule has 210 valence electrons. The van der Waals surface area contributed by atoms with Gasteiger partial charge in [-0.05, 0) is 61.7 Å². The molecule has 0 saturated heterocycles. The first-order valence-corrected chi connectivity index (χ1v) is 12.6. The number of ether oxygens (including phenoxy) is 3. The highest BCUT2D eigenvalue weighted by Crippen LogP contribution is 2.38. The number of fused-ring (bicyclic) bond motifs is 1. The van der Waals surface area contributed by atoms with Gasteiger partial charge >= 0.3 is 0 Å². The molecule has 0 fully saturated rings. The van der Waals surface area contributed by atoms with Crippen LogP contribution >= 0.6 is 0 Å². The highest BCUT2D eigenvalue weighted by atomic mass is 16.5. The summed E-state index contributed by atoms with van der Waals surface area (Å²) < 4.78 is 19.1. The van der Waals surface area contributed by atoms with Crippen LogP contribution in [0.3, 0.4) is 0 Å². The first-order chi connectivity index (χ1) is 19.7. The molecule has 0 spiro atoms. The number of carbonyl (C=O) groups excluding carboxylic acids is 1. The predicted molar refractivity (Wildman–Crippen MR) is 155 cm³/mol. The van der Waals surface area contributed by atoms with Crippen molar-refractivity contribution < 1.29 is 19.0 Å². The topological polar surface area (TPSA) is 138 Å². The fraction of sp³-hybridized carbons (Fsp3) is 0.207.